The lowest BCUT2D eigenvalue weighted by molar-refractivity contribution is 0.0192. The molecule has 3 rings (SSSR count). The molecule has 1 fully saturated rings. The van der Waals surface area contributed by atoms with Crippen molar-refractivity contribution in [3.8, 4) is 17.2 Å². The number of nitrogens with zero attached hydrogens (tertiary/aromatic N) is 1. The molecular formula is C21H31ClN2O6. The zero-order valence-corrected chi connectivity index (χ0v) is 18.4. The normalized spacial score (nSPS) is 21.7. The number of methoxy groups -OCH3 is 2. The van der Waals surface area contributed by atoms with Crippen LogP contribution in [0.3, 0.4) is 0 Å². The van der Waals surface area contributed by atoms with Gasteiger partial charge in [-0.05, 0) is 25.5 Å². The number of rotatable bonds is 8. The third-order valence-corrected chi connectivity index (χ3v) is 5.81. The molecule has 0 aliphatic carbocycles. The minimum atomic E-state index is -0.488. The van der Waals surface area contributed by atoms with E-state index in [1.54, 1.807) is 7.11 Å². The second-order valence-electron chi connectivity index (χ2n) is 7.62. The number of carbonyl (C=O) groups is 1. The fourth-order valence-corrected chi connectivity index (χ4v) is 4.14. The minimum absolute atomic E-state index is 0.00267. The molecule has 2 heterocycles. The molecule has 30 heavy (non-hydrogen) atoms. The van der Waals surface area contributed by atoms with Crippen LogP contribution in [0.5, 0.6) is 17.2 Å². The van der Waals surface area contributed by atoms with E-state index in [9.17, 15) is 9.90 Å². The van der Waals surface area contributed by atoms with Crippen molar-refractivity contribution in [3.05, 3.63) is 16.7 Å². The number of piperidine rings is 1. The molecule has 1 amide bonds. The largest absolute Gasteiger partial charge is 0.491 e. The first-order valence-corrected chi connectivity index (χ1v) is 10.8. The van der Waals surface area contributed by atoms with Crippen molar-refractivity contribution in [2.45, 2.75) is 25.4 Å². The average molecular weight is 443 g/mol. The number of halogens is 1. The fourth-order valence-electron chi connectivity index (χ4n) is 3.87. The monoisotopic (exact) mass is 442 g/mol. The van der Waals surface area contributed by atoms with Gasteiger partial charge < -0.3 is 34.3 Å². The summed E-state index contributed by atoms with van der Waals surface area (Å²) in [5.74, 6) is 0.756. The van der Waals surface area contributed by atoms with Crippen molar-refractivity contribution >= 4 is 17.5 Å². The average Bonchev–Trinajstić information content (AvgIpc) is 2.98. The van der Waals surface area contributed by atoms with Crippen LogP contribution in [0.2, 0.25) is 5.02 Å². The summed E-state index contributed by atoms with van der Waals surface area (Å²) in [4.78, 5) is 15.1. The maximum Gasteiger partial charge on any atom is 0.255 e. The number of aliphatic hydroxyl groups is 1. The molecule has 1 aromatic carbocycles. The Balaban J connectivity index is 1.62. The highest BCUT2D eigenvalue weighted by Gasteiger charge is 2.30. The predicted molar refractivity (Wildman–Crippen MR) is 113 cm³/mol. The molecule has 168 valence electrons. The van der Waals surface area contributed by atoms with Gasteiger partial charge in [0, 0.05) is 45.7 Å². The number of fused-ring (bicyclic) bond motifs is 1. The van der Waals surface area contributed by atoms with Crippen LogP contribution in [0.4, 0.5) is 0 Å². The van der Waals surface area contributed by atoms with Gasteiger partial charge in [0.05, 0.1) is 37.0 Å². The summed E-state index contributed by atoms with van der Waals surface area (Å²) < 4.78 is 21.9. The Morgan fingerprint density at radius 1 is 1.33 bits per heavy atom. The fraction of sp³-hybridized carbons (Fsp3) is 0.667. The lowest BCUT2D eigenvalue weighted by Crippen LogP contribution is -2.48. The summed E-state index contributed by atoms with van der Waals surface area (Å²) in [5.41, 5.74) is 0.309. The number of hydrogen-bond acceptors (Lipinski definition) is 7. The van der Waals surface area contributed by atoms with Gasteiger partial charge in [0.1, 0.15) is 0 Å². The number of likely N-dealkylation sites (tertiary alicyclic amines) is 1. The number of hydrogen-bond donors (Lipinski definition) is 2. The van der Waals surface area contributed by atoms with Gasteiger partial charge in [0.25, 0.3) is 5.91 Å². The van der Waals surface area contributed by atoms with E-state index >= 15 is 0 Å². The minimum Gasteiger partial charge on any atom is -0.491 e. The molecule has 0 radical (unpaired) electrons. The van der Waals surface area contributed by atoms with Crippen LogP contribution in [0.1, 0.15) is 29.6 Å². The van der Waals surface area contributed by atoms with Gasteiger partial charge in [-0.3, -0.25) is 4.79 Å². The SMILES string of the molecule is COCCCN1CC[C@@H](CNC(=O)c2cc(Cl)c(OC)c3c2OCCCO3)[C@H](O)C1. The topological polar surface area (TPSA) is 89.5 Å². The Bertz CT molecular complexity index is 732. The van der Waals surface area contributed by atoms with Crippen molar-refractivity contribution in [1.29, 1.82) is 0 Å². The summed E-state index contributed by atoms with van der Waals surface area (Å²) in [6.45, 7) is 4.39. The van der Waals surface area contributed by atoms with Gasteiger partial charge in [0.15, 0.2) is 11.5 Å². The number of benzene rings is 1. The molecule has 0 unspecified atom stereocenters. The maximum atomic E-state index is 12.9. The first-order valence-electron chi connectivity index (χ1n) is 10.4. The molecule has 8 nitrogen and oxygen atoms in total. The molecule has 1 saturated heterocycles. The molecule has 0 bridgehead atoms. The van der Waals surface area contributed by atoms with Crippen LogP contribution in [-0.2, 0) is 4.74 Å². The number of carbonyl (C=O) groups excluding carboxylic acids is 1. The van der Waals surface area contributed by atoms with Gasteiger partial charge in [0.2, 0.25) is 5.75 Å². The number of ether oxygens (including phenoxy) is 4. The molecular weight excluding hydrogens is 412 g/mol. The quantitative estimate of drug-likeness (QED) is 0.595. The number of β-amino-alcohol motifs (C(OH)–C–C–N with tert-alkyl or cyclic N) is 1. The van der Waals surface area contributed by atoms with E-state index < -0.39 is 6.10 Å². The third kappa shape index (κ3) is 5.49. The second-order valence-corrected chi connectivity index (χ2v) is 8.03. The number of aliphatic hydroxyl groups excluding tert-OH is 1. The highest BCUT2D eigenvalue weighted by molar-refractivity contribution is 6.33. The Labute approximate surface area is 182 Å². The van der Waals surface area contributed by atoms with Crippen LogP contribution in [0.25, 0.3) is 0 Å². The smallest absolute Gasteiger partial charge is 0.255 e. The molecule has 2 atom stereocenters. The Hall–Kier alpha value is -1.74. The van der Waals surface area contributed by atoms with Gasteiger partial charge in [-0.2, -0.15) is 0 Å². The van der Waals surface area contributed by atoms with E-state index in [0.29, 0.717) is 62.1 Å². The third-order valence-electron chi connectivity index (χ3n) is 5.53. The standard InChI is InChI=1S/C21H31ClN2O6/c1-27-8-3-6-24-7-5-14(17(25)13-24)12-23-21(26)15-11-16(22)19(28-2)20-18(15)29-9-4-10-30-20/h11,14,17,25H,3-10,12-13H2,1-2H3,(H,23,26)/t14-,17+/m0/s1. The first-order chi connectivity index (χ1) is 14.5. The first kappa shape index (κ1) is 22.9. The predicted octanol–water partition coefficient (Wildman–Crippen LogP) is 1.96. The van der Waals surface area contributed by atoms with Crippen LogP contribution in [0, 0.1) is 5.92 Å². The molecule has 2 aliphatic rings. The van der Waals surface area contributed by atoms with Crippen molar-refractivity contribution in [3.63, 3.8) is 0 Å². The molecule has 0 spiro atoms. The summed E-state index contributed by atoms with van der Waals surface area (Å²) in [6, 6.07) is 1.54. The summed E-state index contributed by atoms with van der Waals surface area (Å²) in [6.07, 6.45) is 1.97. The molecule has 1 aromatic rings. The summed E-state index contributed by atoms with van der Waals surface area (Å²) in [7, 11) is 3.19. The molecule has 2 aliphatic heterocycles. The highest BCUT2D eigenvalue weighted by atomic mass is 35.5. The Morgan fingerprint density at radius 2 is 2.10 bits per heavy atom. The van der Waals surface area contributed by atoms with E-state index in [-0.39, 0.29) is 16.8 Å². The number of amides is 1. The van der Waals surface area contributed by atoms with Crippen LogP contribution in [0.15, 0.2) is 6.07 Å². The van der Waals surface area contributed by atoms with Gasteiger partial charge in [-0.15, -0.1) is 0 Å². The van der Waals surface area contributed by atoms with Gasteiger partial charge >= 0.3 is 0 Å². The van der Waals surface area contributed by atoms with Crippen LogP contribution >= 0.6 is 11.6 Å². The van der Waals surface area contributed by atoms with Crippen molar-refractivity contribution in [2.75, 3.05) is 60.2 Å². The van der Waals surface area contributed by atoms with E-state index in [4.69, 9.17) is 30.5 Å². The van der Waals surface area contributed by atoms with Crippen LogP contribution in [-0.4, -0.2) is 82.2 Å². The van der Waals surface area contributed by atoms with Gasteiger partial charge in [-0.25, -0.2) is 0 Å². The van der Waals surface area contributed by atoms with Crippen molar-refractivity contribution in [1.82, 2.24) is 10.2 Å². The maximum absolute atomic E-state index is 12.9. The van der Waals surface area contributed by atoms with E-state index in [0.717, 1.165) is 25.9 Å². The van der Waals surface area contributed by atoms with E-state index in [1.807, 2.05) is 0 Å². The molecule has 0 aromatic heterocycles. The Morgan fingerprint density at radius 3 is 2.80 bits per heavy atom. The van der Waals surface area contributed by atoms with Crippen molar-refractivity contribution < 1.29 is 28.8 Å². The van der Waals surface area contributed by atoms with Crippen molar-refractivity contribution in [2.24, 2.45) is 5.92 Å². The number of nitrogens with one attached hydrogen (secondary N) is 1. The lowest BCUT2D eigenvalue weighted by atomic mass is 9.93. The highest BCUT2D eigenvalue weighted by Crippen LogP contribution is 2.46. The summed E-state index contributed by atoms with van der Waals surface area (Å²) in [5, 5.41) is 13.7. The molecule has 2 N–H and O–H groups in total. The zero-order chi connectivity index (χ0) is 21.5. The summed E-state index contributed by atoms with van der Waals surface area (Å²) >= 11 is 6.31. The van der Waals surface area contributed by atoms with E-state index in [1.165, 1.54) is 13.2 Å². The van der Waals surface area contributed by atoms with E-state index in [2.05, 4.69) is 10.2 Å². The molecule has 9 heteroatoms. The van der Waals surface area contributed by atoms with Crippen LogP contribution < -0.4 is 19.5 Å². The lowest BCUT2D eigenvalue weighted by Gasteiger charge is -2.36. The Kier molecular flexibility index (Phi) is 8.44. The zero-order valence-electron chi connectivity index (χ0n) is 17.6. The van der Waals surface area contributed by atoms with Gasteiger partial charge in [-0.1, -0.05) is 11.6 Å². The molecule has 0 saturated carbocycles. The second kappa shape index (κ2) is 11.0.